The fourth-order valence-electron chi connectivity index (χ4n) is 3.45. The van der Waals surface area contributed by atoms with Gasteiger partial charge >= 0.3 is 0 Å². The number of fused-ring (bicyclic) bond motifs is 4. The molecule has 0 spiro atoms. The van der Waals surface area contributed by atoms with Gasteiger partial charge in [-0.15, -0.1) is 10.2 Å². The van der Waals surface area contributed by atoms with Gasteiger partial charge in [0.15, 0.2) is 23.4 Å². The van der Waals surface area contributed by atoms with E-state index in [1.807, 2.05) is 42.5 Å². The van der Waals surface area contributed by atoms with Gasteiger partial charge in [-0.3, -0.25) is 0 Å². The molecule has 1 aromatic heterocycles. The summed E-state index contributed by atoms with van der Waals surface area (Å²) in [6.45, 7) is 2.43. The number of thioether (sulfide) groups is 1. The molecule has 0 aliphatic carbocycles. The molecule has 2 aliphatic rings. The minimum Gasteiger partial charge on any atom is -0.454 e. The van der Waals surface area contributed by atoms with Crippen LogP contribution in [-0.4, -0.2) is 27.7 Å². The third kappa shape index (κ3) is 3.75. The van der Waals surface area contributed by atoms with E-state index < -0.39 is 6.23 Å². The number of nitrogens with zero attached hydrogens (tertiary/aromatic N) is 3. The second-order valence-corrected chi connectivity index (χ2v) is 8.17. The summed E-state index contributed by atoms with van der Waals surface area (Å²) in [4.78, 5) is 4.69. The van der Waals surface area contributed by atoms with Crippen LogP contribution < -0.4 is 19.5 Å². The summed E-state index contributed by atoms with van der Waals surface area (Å²) in [6, 6.07) is 13.7. The molecule has 0 fully saturated rings. The van der Waals surface area contributed by atoms with Crippen LogP contribution in [0.5, 0.6) is 17.4 Å². The van der Waals surface area contributed by atoms with E-state index in [1.54, 1.807) is 11.8 Å². The lowest BCUT2D eigenvalue weighted by molar-refractivity contribution is 0.173. The smallest absolute Gasteiger partial charge is 0.247 e. The highest BCUT2D eigenvalue weighted by Gasteiger charge is 2.27. The average molecular weight is 423 g/mol. The molecule has 154 valence electrons. The summed E-state index contributed by atoms with van der Waals surface area (Å²) in [5, 5.41) is 12.9. The van der Waals surface area contributed by atoms with E-state index in [1.165, 1.54) is 12.8 Å². The van der Waals surface area contributed by atoms with Gasteiger partial charge in [0, 0.05) is 22.6 Å². The van der Waals surface area contributed by atoms with Crippen LogP contribution in [0.4, 0.5) is 5.69 Å². The van der Waals surface area contributed by atoms with Crippen LogP contribution in [-0.2, 0) is 0 Å². The van der Waals surface area contributed by atoms with Crippen molar-refractivity contribution in [2.75, 3.05) is 17.9 Å². The Kier molecular flexibility index (Phi) is 5.31. The predicted octanol–water partition coefficient (Wildman–Crippen LogP) is 5.05. The van der Waals surface area contributed by atoms with Crippen molar-refractivity contribution < 1.29 is 14.2 Å². The molecule has 3 aromatic rings. The Labute approximate surface area is 179 Å². The largest absolute Gasteiger partial charge is 0.454 e. The Morgan fingerprint density at radius 2 is 1.97 bits per heavy atom. The number of hydrogen-bond donors (Lipinski definition) is 1. The van der Waals surface area contributed by atoms with Crippen molar-refractivity contribution in [3.8, 4) is 28.6 Å². The van der Waals surface area contributed by atoms with Crippen molar-refractivity contribution in [2.24, 2.45) is 0 Å². The Balaban J connectivity index is 1.49. The fourth-order valence-corrected chi connectivity index (χ4v) is 4.23. The van der Waals surface area contributed by atoms with E-state index in [2.05, 4.69) is 27.4 Å². The van der Waals surface area contributed by atoms with Gasteiger partial charge in [-0.25, -0.2) is 0 Å². The first-order valence-electron chi connectivity index (χ1n) is 10.1. The minimum atomic E-state index is -0.448. The van der Waals surface area contributed by atoms with Gasteiger partial charge in [0.25, 0.3) is 0 Å². The maximum atomic E-state index is 6.32. The second-order valence-electron chi connectivity index (χ2n) is 7.10. The van der Waals surface area contributed by atoms with E-state index in [0.29, 0.717) is 22.5 Å². The molecule has 1 atom stereocenters. The maximum Gasteiger partial charge on any atom is 0.247 e. The SMILES string of the molecule is CCCCCSc1nnc2c(n1)OC(c1ccc3c(c1)OCO3)Nc1ccccc1-2. The van der Waals surface area contributed by atoms with Crippen LogP contribution >= 0.6 is 11.8 Å². The number of aromatic nitrogens is 3. The zero-order chi connectivity index (χ0) is 20.3. The third-order valence-electron chi connectivity index (χ3n) is 5.01. The van der Waals surface area contributed by atoms with E-state index in [0.717, 1.165) is 34.7 Å². The van der Waals surface area contributed by atoms with E-state index in [9.17, 15) is 0 Å². The summed E-state index contributed by atoms with van der Waals surface area (Å²) >= 11 is 1.61. The van der Waals surface area contributed by atoms with Crippen LogP contribution in [0.2, 0.25) is 0 Å². The summed E-state index contributed by atoms with van der Waals surface area (Å²) in [6.07, 6.45) is 3.07. The lowest BCUT2D eigenvalue weighted by atomic mass is 10.1. The molecule has 2 aromatic carbocycles. The van der Waals surface area contributed by atoms with Gasteiger partial charge < -0.3 is 19.5 Å². The molecule has 0 amide bonds. The second kappa shape index (κ2) is 8.39. The van der Waals surface area contributed by atoms with Gasteiger partial charge in [0.2, 0.25) is 17.8 Å². The van der Waals surface area contributed by atoms with E-state index in [-0.39, 0.29) is 6.79 Å². The number of rotatable bonds is 6. The molecule has 3 heterocycles. The molecule has 0 saturated heterocycles. The van der Waals surface area contributed by atoms with Crippen LogP contribution in [0.25, 0.3) is 11.3 Å². The Hall–Kier alpha value is -3.00. The maximum absolute atomic E-state index is 6.32. The number of para-hydroxylation sites is 1. The Morgan fingerprint density at radius 1 is 1.07 bits per heavy atom. The summed E-state index contributed by atoms with van der Waals surface area (Å²) in [5.41, 5.74) is 3.38. The molecule has 5 rings (SSSR count). The summed E-state index contributed by atoms with van der Waals surface area (Å²) in [7, 11) is 0. The van der Waals surface area contributed by atoms with Crippen LogP contribution in [0.3, 0.4) is 0 Å². The minimum absolute atomic E-state index is 0.235. The lowest BCUT2D eigenvalue weighted by Crippen LogP contribution is -2.17. The van der Waals surface area contributed by atoms with Gasteiger partial charge in [-0.1, -0.05) is 49.7 Å². The fraction of sp³-hybridized carbons (Fsp3) is 0.318. The van der Waals surface area contributed by atoms with Gasteiger partial charge in [0.1, 0.15) is 0 Å². The number of benzene rings is 2. The molecular formula is C22H22N4O3S. The number of ether oxygens (including phenoxy) is 3. The quantitative estimate of drug-likeness (QED) is 0.437. The van der Waals surface area contributed by atoms with Crippen molar-refractivity contribution in [3.63, 3.8) is 0 Å². The van der Waals surface area contributed by atoms with Crippen LogP contribution in [0, 0.1) is 0 Å². The molecule has 0 bridgehead atoms. The first kappa shape index (κ1) is 19.0. The Morgan fingerprint density at radius 3 is 2.90 bits per heavy atom. The molecule has 1 unspecified atom stereocenters. The van der Waals surface area contributed by atoms with Crippen molar-refractivity contribution in [1.82, 2.24) is 15.2 Å². The zero-order valence-corrected chi connectivity index (χ0v) is 17.4. The first-order chi connectivity index (χ1) is 14.8. The van der Waals surface area contributed by atoms with Crippen molar-refractivity contribution in [1.29, 1.82) is 0 Å². The molecule has 0 radical (unpaired) electrons. The number of unbranched alkanes of at least 4 members (excludes halogenated alkanes) is 2. The third-order valence-corrected chi connectivity index (χ3v) is 5.94. The lowest BCUT2D eigenvalue weighted by Gasteiger charge is -2.19. The topological polar surface area (TPSA) is 78.4 Å². The molecule has 30 heavy (non-hydrogen) atoms. The molecule has 0 saturated carbocycles. The van der Waals surface area contributed by atoms with Crippen LogP contribution in [0.15, 0.2) is 47.6 Å². The normalized spacial score (nSPS) is 16.1. The van der Waals surface area contributed by atoms with Gasteiger partial charge in [0.05, 0.1) is 0 Å². The molecule has 1 N–H and O–H groups in total. The highest BCUT2D eigenvalue weighted by atomic mass is 32.2. The standard InChI is InChI=1S/C22H22N4O3S/c1-2-3-6-11-30-22-24-21-19(25-26-22)15-7-4-5-8-16(15)23-20(29-21)14-9-10-17-18(12-14)28-13-27-17/h4-5,7-10,12,20,23H,2-3,6,11,13H2,1H3. The molecule has 7 nitrogen and oxygen atoms in total. The molecule has 2 aliphatic heterocycles. The average Bonchev–Trinajstić information content (AvgIpc) is 3.18. The van der Waals surface area contributed by atoms with Crippen molar-refractivity contribution >= 4 is 17.4 Å². The summed E-state index contributed by atoms with van der Waals surface area (Å²) < 4.78 is 17.3. The van der Waals surface area contributed by atoms with Crippen molar-refractivity contribution in [2.45, 2.75) is 37.6 Å². The number of anilines is 1. The number of nitrogens with one attached hydrogen (secondary N) is 1. The Bertz CT molecular complexity index is 1060. The van der Waals surface area contributed by atoms with E-state index in [4.69, 9.17) is 14.2 Å². The first-order valence-corrected chi connectivity index (χ1v) is 11.1. The predicted molar refractivity (Wildman–Crippen MR) is 115 cm³/mol. The molecule has 8 heteroatoms. The van der Waals surface area contributed by atoms with E-state index >= 15 is 0 Å². The monoisotopic (exact) mass is 422 g/mol. The zero-order valence-electron chi connectivity index (χ0n) is 16.6. The highest BCUT2D eigenvalue weighted by Crippen LogP contribution is 2.41. The molecular weight excluding hydrogens is 400 g/mol. The number of hydrogen-bond acceptors (Lipinski definition) is 8. The highest BCUT2D eigenvalue weighted by molar-refractivity contribution is 7.99. The van der Waals surface area contributed by atoms with Crippen LogP contribution in [0.1, 0.15) is 38.0 Å². The van der Waals surface area contributed by atoms with Gasteiger partial charge in [-0.05, 0) is 30.7 Å². The summed E-state index contributed by atoms with van der Waals surface area (Å²) in [5.74, 6) is 2.89. The van der Waals surface area contributed by atoms with Gasteiger partial charge in [-0.2, -0.15) is 4.98 Å². The van der Waals surface area contributed by atoms with Crippen molar-refractivity contribution in [3.05, 3.63) is 48.0 Å².